The molecular weight excluding hydrogens is 154 g/mol. The Morgan fingerprint density at radius 1 is 1.67 bits per heavy atom. The molecule has 3 nitrogen and oxygen atoms in total. The zero-order valence-corrected chi connectivity index (χ0v) is 7.01. The van der Waals surface area contributed by atoms with Gasteiger partial charge in [0.15, 0.2) is 5.60 Å². The largest absolute Gasteiger partial charge is 0.436 e. The lowest BCUT2D eigenvalue weighted by Crippen LogP contribution is -2.44. The van der Waals surface area contributed by atoms with E-state index in [-0.39, 0.29) is 12.1 Å². The third-order valence-corrected chi connectivity index (χ3v) is 2.82. The van der Waals surface area contributed by atoms with Gasteiger partial charge in [-0.2, -0.15) is 0 Å². The normalized spacial score (nSPS) is 39.7. The molecular formula is C9H13NO2. The second kappa shape index (κ2) is 2.51. The van der Waals surface area contributed by atoms with Gasteiger partial charge in [0, 0.05) is 0 Å². The summed E-state index contributed by atoms with van der Waals surface area (Å²) in [7, 11) is 0. The number of carbonyl (C=O) groups excluding carboxylic acids is 1. The predicted octanol–water partition coefficient (Wildman–Crippen LogP) is 1.59. The fourth-order valence-corrected chi connectivity index (χ4v) is 2.12. The van der Waals surface area contributed by atoms with Crippen LogP contribution in [-0.4, -0.2) is 17.7 Å². The van der Waals surface area contributed by atoms with Gasteiger partial charge in [0.2, 0.25) is 0 Å². The average Bonchev–Trinajstić information content (AvgIpc) is 2.41. The molecule has 1 amide bonds. The molecule has 66 valence electrons. The van der Waals surface area contributed by atoms with E-state index in [1.807, 2.05) is 0 Å². The number of fused-ring (bicyclic) bond motifs is 1. The summed E-state index contributed by atoms with van der Waals surface area (Å²) >= 11 is 0. The number of nitrogens with one attached hydrogen (secondary N) is 1. The lowest BCUT2D eigenvalue weighted by atomic mass is 9.81. The van der Waals surface area contributed by atoms with Gasteiger partial charge < -0.3 is 10.1 Å². The topological polar surface area (TPSA) is 38.3 Å². The Labute approximate surface area is 71.8 Å². The van der Waals surface area contributed by atoms with E-state index in [0.29, 0.717) is 0 Å². The molecule has 3 heteroatoms. The lowest BCUT2D eigenvalue weighted by Gasteiger charge is -2.33. The molecule has 0 aromatic heterocycles. The van der Waals surface area contributed by atoms with Crippen LogP contribution in [0, 0.1) is 0 Å². The molecule has 2 aliphatic rings. The van der Waals surface area contributed by atoms with Crippen LogP contribution in [0.1, 0.15) is 25.7 Å². The Hall–Kier alpha value is -0.990. The van der Waals surface area contributed by atoms with Crippen LogP contribution in [0.15, 0.2) is 12.7 Å². The highest BCUT2D eigenvalue weighted by Crippen LogP contribution is 2.36. The Kier molecular flexibility index (Phi) is 1.60. The molecule has 0 radical (unpaired) electrons. The van der Waals surface area contributed by atoms with E-state index in [9.17, 15) is 4.79 Å². The van der Waals surface area contributed by atoms with E-state index in [0.717, 1.165) is 19.3 Å². The third-order valence-electron chi connectivity index (χ3n) is 2.82. The standard InChI is InChI=1S/C9H13NO2/c1-2-9-6-4-3-5-7(9)10-8(11)12-9/h2,7H,1,3-6H2,(H,10,11)/t7-,9-/m1/s1. The Bertz CT molecular complexity index is 227. The summed E-state index contributed by atoms with van der Waals surface area (Å²) in [5, 5.41) is 2.82. The van der Waals surface area contributed by atoms with Gasteiger partial charge in [-0.3, -0.25) is 0 Å². The van der Waals surface area contributed by atoms with Crippen molar-refractivity contribution in [3.8, 4) is 0 Å². The number of hydrogen-bond acceptors (Lipinski definition) is 2. The number of amides is 1. The van der Waals surface area contributed by atoms with Crippen molar-refractivity contribution in [2.45, 2.75) is 37.3 Å². The van der Waals surface area contributed by atoms with Crippen LogP contribution in [0.4, 0.5) is 4.79 Å². The maximum absolute atomic E-state index is 11.0. The molecule has 1 aliphatic carbocycles. The molecule has 1 aliphatic heterocycles. The first-order chi connectivity index (χ1) is 5.77. The third kappa shape index (κ3) is 0.924. The van der Waals surface area contributed by atoms with Crippen LogP contribution in [0.2, 0.25) is 0 Å². The van der Waals surface area contributed by atoms with Crippen molar-refractivity contribution in [2.75, 3.05) is 0 Å². The van der Waals surface area contributed by atoms with Crippen LogP contribution in [-0.2, 0) is 4.74 Å². The maximum atomic E-state index is 11.0. The van der Waals surface area contributed by atoms with Gasteiger partial charge in [-0.1, -0.05) is 13.0 Å². The van der Waals surface area contributed by atoms with Gasteiger partial charge >= 0.3 is 6.09 Å². The van der Waals surface area contributed by atoms with Crippen LogP contribution in [0.5, 0.6) is 0 Å². The summed E-state index contributed by atoms with van der Waals surface area (Å²) in [6, 6.07) is 0.163. The predicted molar refractivity (Wildman–Crippen MR) is 44.8 cm³/mol. The molecule has 0 unspecified atom stereocenters. The van der Waals surface area contributed by atoms with Crippen molar-refractivity contribution in [3.63, 3.8) is 0 Å². The molecule has 0 spiro atoms. The van der Waals surface area contributed by atoms with E-state index < -0.39 is 5.60 Å². The van der Waals surface area contributed by atoms with Crippen molar-refractivity contribution in [1.82, 2.24) is 5.32 Å². The van der Waals surface area contributed by atoms with Crippen molar-refractivity contribution < 1.29 is 9.53 Å². The van der Waals surface area contributed by atoms with Crippen molar-refractivity contribution in [2.24, 2.45) is 0 Å². The minimum absolute atomic E-state index is 0.163. The summed E-state index contributed by atoms with van der Waals surface area (Å²) in [5.41, 5.74) is -0.394. The van der Waals surface area contributed by atoms with E-state index in [1.54, 1.807) is 6.08 Å². The Morgan fingerprint density at radius 3 is 3.17 bits per heavy atom. The fraction of sp³-hybridized carbons (Fsp3) is 0.667. The highest BCUT2D eigenvalue weighted by molar-refractivity contribution is 5.71. The van der Waals surface area contributed by atoms with Gasteiger partial charge in [0.05, 0.1) is 6.04 Å². The first-order valence-corrected chi connectivity index (χ1v) is 4.40. The zero-order chi connectivity index (χ0) is 8.60. The smallest absolute Gasteiger partial charge is 0.408 e. The van der Waals surface area contributed by atoms with Crippen LogP contribution in [0.25, 0.3) is 0 Å². The minimum atomic E-state index is -0.394. The summed E-state index contributed by atoms with van der Waals surface area (Å²) in [6.07, 6.45) is 5.70. The lowest BCUT2D eigenvalue weighted by molar-refractivity contribution is 0.0534. The van der Waals surface area contributed by atoms with Crippen LogP contribution >= 0.6 is 0 Å². The second-order valence-corrected chi connectivity index (χ2v) is 3.49. The van der Waals surface area contributed by atoms with E-state index in [1.165, 1.54) is 6.42 Å². The van der Waals surface area contributed by atoms with E-state index >= 15 is 0 Å². The van der Waals surface area contributed by atoms with E-state index in [4.69, 9.17) is 4.74 Å². The van der Waals surface area contributed by atoms with Gasteiger partial charge in [0.1, 0.15) is 0 Å². The van der Waals surface area contributed by atoms with E-state index in [2.05, 4.69) is 11.9 Å². The van der Waals surface area contributed by atoms with Crippen molar-refractivity contribution in [1.29, 1.82) is 0 Å². The molecule has 0 bridgehead atoms. The Morgan fingerprint density at radius 2 is 2.50 bits per heavy atom. The maximum Gasteiger partial charge on any atom is 0.408 e. The molecule has 1 saturated heterocycles. The zero-order valence-electron chi connectivity index (χ0n) is 7.01. The summed E-state index contributed by atoms with van der Waals surface area (Å²) in [5.74, 6) is 0. The van der Waals surface area contributed by atoms with Gasteiger partial charge in [-0.15, -0.1) is 0 Å². The summed E-state index contributed by atoms with van der Waals surface area (Å²) < 4.78 is 5.23. The molecule has 1 N–H and O–H groups in total. The number of alkyl carbamates (subject to hydrolysis) is 1. The van der Waals surface area contributed by atoms with Crippen molar-refractivity contribution in [3.05, 3.63) is 12.7 Å². The molecule has 2 rings (SSSR count). The Balaban J connectivity index is 2.24. The second-order valence-electron chi connectivity index (χ2n) is 3.49. The SMILES string of the molecule is C=C[C@@]12CCCC[C@H]1NC(=O)O2. The number of hydrogen-bond donors (Lipinski definition) is 1. The number of carbonyl (C=O) groups is 1. The van der Waals surface area contributed by atoms with Gasteiger partial charge in [-0.25, -0.2) is 4.79 Å². The molecule has 0 aromatic rings. The highest BCUT2D eigenvalue weighted by Gasteiger charge is 2.47. The monoisotopic (exact) mass is 167 g/mol. The van der Waals surface area contributed by atoms with Gasteiger partial charge in [-0.05, 0) is 25.3 Å². The molecule has 0 aromatic carbocycles. The number of ether oxygens (including phenoxy) is 1. The molecule has 12 heavy (non-hydrogen) atoms. The van der Waals surface area contributed by atoms with Crippen molar-refractivity contribution >= 4 is 6.09 Å². The summed E-state index contributed by atoms with van der Waals surface area (Å²) in [6.45, 7) is 3.74. The molecule has 1 saturated carbocycles. The minimum Gasteiger partial charge on any atom is -0.436 e. The fourth-order valence-electron chi connectivity index (χ4n) is 2.12. The van der Waals surface area contributed by atoms with Crippen LogP contribution in [0.3, 0.4) is 0 Å². The number of rotatable bonds is 1. The molecule has 2 fully saturated rings. The summed E-state index contributed by atoms with van der Waals surface area (Å²) in [4.78, 5) is 11.0. The molecule has 2 atom stereocenters. The first kappa shape index (κ1) is 7.65. The highest BCUT2D eigenvalue weighted by atomic mass is 16.6. The first-order valence-electron chi connectivity index (χ1n) is 4.40. The molecule has 1 heterocycles. The van der Waals surface area contributed by atoms with Crippen LogP contribution < -0.4 is 5.32 Å². The van der Waals surface area contributed by atoms with Gasteiger partial charge in [0.25, 0.3) is 0 Å². The average molecular weight is 167 g/mol. The quantitative estimate of drug-likeness (QED) is 0.602.